The van der Waals surface area contributed by atoms with Gasteiger partial charge in [0.1, 0.15) is 13.5 Å². The van der Waals surface area contributed by atoms with Crippen LogP contribution in [0.15, 0.2) is 0 Å². The van der Waals surface area contributed by atoms with Crippen LogP contribution in [0, 0.1) is 0 Å². The molecule has 0 saturated heterocycles. The number of hydrogen-bond donors (Lipinski definition) is 0. The molecular formula is C12H14B3F3N. The van der Waals surface area contributed by atoms with Gasteiger partial charge in [-0.3, -0.25) is 0 Å². The van der Waals surface area contributed by atoms with E-state index in [1.54, 1.807) is 27.7 Å². The smallest absolute Gasteiger partial charge is 0.249 e. The lowest BCUT2D eigenvalue weighted by Crippen LogP contribution is -2.39. The van der Waals surface area contributed by atoms with Gasteiger partial charge >= 0.3 is 6.18 Å². The maximum Gasteiger partial charge on any atom is 0.432 e. The van der Waals surface area contributed by atoms with Crippen LogP contribution in [-0.2, 0) is 6.18 Å². The van der Waals surface area contributed by atoms with Crippen molar-refractivity contribution in [3.63, 3.8) is 0 Å². The van der Waals surface area contributed by atoms with Gasteiger partial charge < -0.3 is 0 Å². The van der Waals surface area contributed by atoms with Gasteiger partial charge in [-0.05, 0) is 11.8 Å². The maximum atomic E-state index is 13.1. The Labute approximate surface area is 115 Å². The number of rotatable bonds is 3. The molecule has 5 radical (unpaired) electrons. The second-order valence-corrected chi connectivity index (χ2v) is 5.06. The average molecular weight is 262 g/mol. The molecule has 0 saturated carbocycles. The predicted molar refractivity (Wildman–Crippen MR) is 73.9 cm³/mol. The molecule has 0 aliphatic carbocycles. The molecule has 7 heteroatoms. The zero-order valence-electron chi connectivity index (χ0n) is 11.5. The third kappa shape index (κ3) is 3.18. The lowest BCUT2D eigenvalue weighted by atomic mass is 9.48. The Morgan fingerprint density at radius 1 is 1.11 bits per heavy atom. The van der Waals surface area contributed by atoms with Gasteiger partial charge in [0.15, 0.2) is 0 Å². The molecule has 0 spiro atoms. The molecule has 1 rings (SSSR count). The van der Waals surface area contributed by atoms with E-state index in [0.717, 1.165) is 7.17 Å². The number of pyridine rings is 1. The molecule has 0 bridgehead atoms. The zero-order chi connectivity index (χ0) is 15.0. The third-order valence-electron chi connectivity index (χ3n) is 2.90. The Morgan fingerprint density at radius 2 is 1.63 bits per heavy atom. The van der Waals surface area contributed by atoms with Crippen LogP contribution in [0.4, 0.5) is 13.2 Å². The molecule has 0 fully saturated rings. The lowest BCUT2D eigenvalue weighted by molar-refractivity contribution is -0.140. The number of alkyl halides is 3. The van der Waals surface area contributed by atoms with Gasteiger partial charge in [0.25, 0.3) is 0 Å². The molecule has 97 valence electrons. The second kappa shape index (κ2) is 5.64. The van der Waals surface area contributed by atoms with E-state index in [-0.39, 0.29) is 23.0 Å². The number of nitrogens with zero attached hydrogens (tertiary/aromatic N) is 1. The molecule has 0 aromatic carbocycles. The van der Waals surface area contributed by atoms with Crippen molar-refractivity contribution in [2.45, 2.75) is 45.7 Å². The summed E-state index contributed by atoms with van der Waals surface area (Å²) in [7, 11) is 12.3. The van der Waals surface area contributed by atoms with Gasteiger partial charge in [-0.2, -0.15) is 13.2 Å². The van der Waals surface area contributed by atoms with Crippen molar-refractivity contribution in [2.24, 2.45) is 0 Å². The second-order valence-electron chi connectivity index (χ2n) is 5.06. The van der Waals surface area contributed by atoms with Crippen molar-refractivity contribution >= 4 is 33.7 Å². The summed E-state index contributed by atoms with van der Waals surface area (Å²) in [4.78, 5) is 3.70. The molecule has 0 atom stereocenters. The fourth-order valence-corrected chi connectivity index (χ4v) is 2.10. The SMILES string of the molecule is [B][B]c1c(C(F)(F)F)nc(C(C)C)c([B])c1C(C)C. The van der Waals surface area contributed by atoms with E-state index < -0.39 is 11.9 Å². The molecule has 1 aromatic heterocycles. The number of aromatic nitrogens is 1. The first-order valence-electron chi connectivity index (χ1n) is 6.06. The van der Waals surface area contributed by atoms with Crippen molar-refractivity contribution < 1.29 is 13.2 Å². The predicted octanol–water partition coefficient (Wildman–Crippen LogP) is 1.55. The van der Waals surface area contributed by atoms with E-state index in [2.05, 4.69) is 4.98 Å². The Bertz CT molecular complexity index is 470. The molecule has 0 amide bonds. The molecule has 0 unspecified atom stereocenters. The van der Waals surface area contributed by atoms with Crippen LogP contribution < -0.4 is 10.9 Å². The largest absolute Gasteiger partial charge is 0.432 e. The average Bonchev–Trinajstić information content (AvgIpc) is 2.25. The van der Waals surface area contributed by atoms with E-state index in [0.29, 0.717) is 11.0 Å². The van der Waals surface area contributed by atoms with Crippen LogP contribution in [0.5, 0.6) is 0 Å². The summed E-state index contributed by atoms with van der Waals surface area (Å²) in [6, 6.07) is 0. The van der Waals surface area contributed by atoms with Gasteiger partial charge in [0.2, 0.25) is 0 Å². The van der Waals surface area contributed by atoms with Crippen LogP contribution >= 0.6 is 0 Å². The lowest BCUT2D eigenvalue weighted by Gasteiger charge is -2.24. The van der Waals surface area contributed by atoms with Crippen molar-refractivity contribution in [2.75, 3.05) is 0 Å². The van der Waals surface area contributed by atoms with E-state index in [1.165, 1.54) is 0 Å². The molecule has 1 heterocycles. The Morgan fingerprint density at radius 3 is 1.95 bits per heavy atom. The van der Waals surface area contributed by atoms with E-state index in [4.69, 9.17) is 15.6 Å². The zero-order valence-corrected chi connectivity index (χ0v) is 11.5. The summed E-state index contributed by atoms with van der Waals surface area (Å²) in [6.07, 6.45) is -4.55. The molecule has 0 aliphatic rings. The summed E-state index contributed by atoms with van der Waals surface area (Å²) in [5, 5.41) is 0. The Kier molecular flexibility index (Phi) is 4.80. The fourth-order valence-electron chi connectivity index (χ4n) is 2.10. The van der Waals surface area contributed by atoms with Crippen molar-refractivity contribution in [3.8, 4) is 0 Å². The van der Waals surface area contributed by atoms with Gasteiger partial charge in [-0.1, -0.05) is 44.2 Å². The van der Waals surface area contributed by atoms with Crippen LogP contribution in [0.25, 0.3) is 0 Å². The minimum atomic E-state index is -4.55. The number of hydrogen-bond acceptors (Lipinski definition) is 1. The summed E-state index contributed by atoms with van der Waals surface area (Å²) in [6.45, 7) is 7.08. The monoisotopic (exact) mass is 262 g/mol. The highest BCUT2D eigenvalue weighted by atomic mass is 19.4. The first-order valence-corrected chi connectivity index (χ1v) is 6.06. The highest BCUT2D eigenvalue weighted by molar-refractivity contribution is 6.98. The Balaban J connectivity index is 3.74. The van der Waals surface area contributed by atoms with Crippen LogP contribution in [0.2, 0.25) is 0 Å². The first-order chi connectivity index (χ1) is 8.61. The third-order valence-corrected chi connectivity index (χ3v) is 2.90. The van der Waals surface area contributed by atoms with E-state index in [9.17, 15) is 13.2 Å². The minimum Gasteiger partial charge on any atom is -0.249 e. The highest BCUT2D eigenvalue weighted by Gasteiger charge is 2.37. The van der Waals surface area contributed by atoms with Gasteiger partial charge in [0.05, 0.1) is 7.17 Å². The normalized spacial score (nSPS) is 12.3. The van der Waals surface area contributed by atoms with Crippen LogP contribution in [0.3, 0.4) is 0 Å². The van der Waals surface area contributed by atoms with Gasteiger partial charge in [0, 0.05) is 13.4 Å². The highest BCUT2D eigenvalue weighted by Crippen LogP contribution is 2.29. The van der Waals surface area contributed by atoms with Crippen LogP contribution in [-0.4, -0.2) is 27.7 Å². The van der Waals surface area contributed by atoms with Crippen LogP contribution in [0.1, 0.15) is 56.5 Å². The topological polar surface area (TPSA) is 12.9 Å². The van der Waals surface area contributed by atoms with Crippen molar-refractivity contribution in [1.29, 1.82) is 0 Å². The quantitative estimate of drug-likeness (QED) is 0.753. The standard InChI is InChI=1S/C12H14B3F3N/c1-5(2)7-8(13)10(6(3)4)19-11(9(7)15-14)12(16,17)18/h5-6H,1-4H3. The molecular weight excluding hydrogens is 248 g/mol. The molecule has 0 N–H and O–H groups in total. The molecule has 19 heavy (non-hydrogen) atoms. The Hall–Kier alpha value is -0.865. The summed E-state index contributed by atoms with van der Waals surface area (Å²) in [5.41, 5.74) is -0.106. The maximum absolute atomic E-state index is 13.1. The van der Waals surface area contributed by atoms with Gasteiger partial charge in [-0.15, -0.1) is 0 Å². The van der Waals surface area contributed by atoms with E-state index >= 15 is 0 Å². The molecule has 1 aromatic rings. The van der Waals surface area contributed by atoms with Crippen molar-refractivity contribution in [1.82, 2.24) is 4.98 Å². The molecule has 0 aliphatic heterocycles. The summed E-state index contributed by atoms with van der Waals surface area (Å²) < 4.78 is 39.2. The molecule has 1 nitrogen and oxygen atoms in total. The summed E-state index contributed by atoms with van der Waals surface area (Å²) in [5.74, 6) is -0.359. The van der Waals surface area contributed by atoms with Gasteiger partial charge in [-0.25, -0.2) is 4.98 Å². The minimum absolute atomic E-state index is 0.121. The summed E-state index contributed by atoms with van der Waals surface area (Å²) >= 11 is 0. The number of halogens is 3. The van der Waals surface area contributed by atoms with E-state index in [1.807, 2.05) is 0 Å². The fraction of sp³-hybridized carbons (Fsp3) is 0.583. The first kappa shape index (κ1) is 16.2. The van der Waals surface area contributed by atoms with Crippen molar-refractivity contribution in [3.05, 3.63) is 17.0 Å².